The van der Waals surface area contributed by atoms with Crippen LogP contribution in [0.5, 0.6) is 5.75 Å². The largest absolute Gasteiger partial charge is 0.497 e. The molecule has 7 heteroatoms. The number of nitrogens with two attached hydrogens (primary N) is 1. The number of pyridine rings is 1. The minimum atomic E-state index is -0.686. The van der Waals surface area contributed by atoms with Gasteiger partial charge in [-0.25, -0.2) is 5.84 Å². The van der Waals surface area contributed by atoms with Gasteiger partial charge in [-0.3, -0.25) is 20.0 Å². The van der Waals surface area contributed by atoms with Crippen LogP contribution >= 0.6 is 11.6 Å². The van der Waals surface area contributed by atoms with Crippen molar-refractivity contribution in [2.24, 2.45) is 5.84 Å². The van der Waals surface area contributed by atoms with E-state index in [0.29, 0.717) is 11.3 Å². The van der Waals surface area contributed by atoms with Crippen molar-refractivity contribution in [3.8, 4) is 5.75 Å². The normalized spacial score (nSPS) is 10.0. The van der Waals surface area contributed by atoms with Crippen LogP contribution in [0.4, 0.5) is 0 Å². The Hall–Kier alpha value is -2.44. The number of aromatic nitrogens is 1. The van der Waals surface area contributed by atoms with Crippen molar-refractivity contribution in [2.75, 3.05) is 7.11 Å². The molecular formula is C14H12ClN3O3. The third-order valence-corrected chi connectivity index (χ3v) is 3.14. The average Bonchev–Trinajstić information content (AvgIpc) is 2.53. The van der Waals surface area contributed by atoms with Crippen LogP contribution in [0.1, 0.15) is 26.4 Å². The van der Waals surface area contributed by atoms with Crippen LogP contribution in [-0.2, 0) is 0 Å². The van der Waals surface area contributed by atoms with Crippen molar-refractivity contribution in [1.29, 1.82) is 0 Å². The highest BCUT2D eigenvalue weighted by Crippen LogP contribution is 2.23. The standard InChI is InChI=1S/C14H12ClN3O3/c1-21-9-4-2-8(3-5-9)13(19)11-10(15)6-7-17-12(11)14(20)18-16/h2-7H,16H2,1H3,(H,18,20). The number of halogens is 1. The van der Waals surface area contributed by atoms with Crippen molar-refractivity contribution >= 4 is 23.3 Å². The Kier molecular flexibility index (Phi) is 4.52. The highest BCUT2D eigenvalue weighted by Gasteiger charge is 2.22. The van der Waals surface area contributed by atoms with E-state index < -0.39 is 11.7 Å². The van der Waals surface area contributed by atoms with Gasteiger partial charge in [0.1, 0.15) is 11.4 Å². The average molecular weight is 306 g/mol. The van der Waals surface area contributed by atoms with E-state index in [1.54, 1.807) is 24.3 Å². The summed E-state index contributed by atoms with van der Waals surface area (Å²) in [4.78, 5) is 28.1. The molecule has 0 saturated heterocycles. The Morgan fingerprint density at radius 2 is 1.90 bits per heavy atom. The van der Waals surface area contributed by atoms with Gasteiger partial charge in [0.2, 0.25) is 0 Å². The smallest absolute Gasteiger partial charge is 0.284 e. The van der Waals surface area contributed by atoms with E-state index >= 15 is 0 Å². The molecule has 2 rings (SSSR count). The van der Waals surface area contributed by atoms with E-state index in [4.69, 9.17) is 22.2 Å². The summed E-state index contributed by atoms with van der Waals surface area (Å²) < 4.78 is 5.03. The minimum Gasteiger partial charge on any atom is -0.497 e. The number of nitrogens with one attached hydrogen (secondary N) is 1. The fourth-order valence-electron chi connectivity index (χ4n) is 1.78. The summed E-state index contributed by atoms with van der Waals surface area (Å²) in [5.74, 6) is 4.60. The molecule has 1 aromatic carbocycles. The zero-order valence-electron chi connectivity index (χ0n) is 11.1. The number of carbonyl (C=O) groups is 2. The van der Waals surface area contributed by atoms with Crippen LogP contribution in [0.2, 0.25) is 5.02 Å². The molecule has 0 aliphatic carbocycles. The van der Waals surface area contributed by atoms with Crippen LogP contribution in [0.25, 0.3) is 0 Å². The minimum absolute atomic E-state index is 0.00674. The first-order valence-electron chi connectivity index (χ1n) is 5.92. The van der Waals surface area contributed by atoms with E-state index in [0.717, 1.165) is 0 Å². The molecule has 0 fully saturated rings. The number of amides is 1. The van der Waals surface area contributed by atoms with E-state index in [2.05, 4.69) is 4.98 Å². The first-order chi connectivity index (χ1) is 10.1. The zero-order valence-corrected chi connectivity index (χ0v) is 11.8. The van der Waals surface area contributed by atoms with Gasteiger partial charge in [-0.2, -0.15) is 0 Å². The van der Waals surface area contributed by atoms with Crippen molar-refractivity contribution in [3.63, 3.8) is 0 Å². The number of hydrazine groups is 1. The molecule has 0 spiro atoms. The highest BCUT2D eigenvalue weighted by atomic mass is 35.5. The summed E-state index contributed by atoms with van der Waals surface area (Å²) in [6, 6.07) is 7.87. The van der Waals surface area contributed by atoms with Gasteiger partial charge in [0.05, 0.1) is 17.7 Å². The van der Waals surface area contributed by atoms with Gasteiger partial charge < -0.3 is 4.74 Å². The van der Waals surface area contributed by atoms with Gasteiger partial charge in [0, 0.05) is 11.8 Å². The number of ether oxygens (including phenoxy) is 1. The Morgan fingerprint density at radius 1 is 1.24 bits per heavy atom. The number of carbonyl (C=O) groups excluding carboxylic acids is 2. The third-order valence-electron chi connectivity index (χ3n) is 2.83. The van der Waals surface area contributed by atoms with Crippen molar-refractivity contribution in [2.45, 2.75) is 0 Å². The number of hydrogen-bond donors (Lipinski definition) is 2. The highest BCUT2D eigenvalue weighted by molar-refractivity contribution is 6.36. The molecule has 1 amide bonds. The Balaban J connectivity index is 2.49. The van der Waals surface area contributed by atoms with Gasteiger partial charge >= 0.3 is 0 Å². The Labute approximate surface area is 125 Å². The van der Waals surface area contributed by atoms with Crippen LogP contribution in [0.3, 0.4) is 0 Å². The number of hydrogen-bond acceptors (Lipinski definition) is 5. The van der Waals surface area contributed by atoms with Gasteiger partial charge in [-0.05, 0) is 30.3 Å². The lowest BCUT2D eigenvalue weighted by molar-refractivity contribution is 0.0937. The second kappa shape index (κ2) is 6.34. The van der Waals surface area contributed by atoms with E-state index in [1.807, 2.05) is 5.43 Å². The first kappa shape index (κ1) is 15.0. The molecule has 0 saturated carbocycles. The second-order valence-corrected chi connectivity index (χ2v) is 4.45. The third kappa shape index (κ3) is 3.01. The molecule has 0 aliphatic rings. The first-order valence-corrected chi connectivity index (χ1v) is 6.30. The molecule has 0 atom stereocenters. The van der Waals surface area contributed by atoms with Gasteiger partial charge in [-0.1, -0.05) is 11.6 Å². The van der Waals surface area contributed by atoms with Crippen molar-refractivity contribution in [1.82, 2.24) is 10.4 Å². The molecule has 1 heterocycles. The van der Waals surface area contributed by atoms with E-state index in [-0.39, 0.29) is 16.3 Å². The maximum atomic E-state index is 12.5. The van der Waals surface area contributed by atoms with E-state index in [9.17, 15) is 9.59 Å². The Bertz CT molecular complexity index is 686. The van der Waals surface area contributed by atoms with Crippen LogP contribution in [-0.4, -0.2) is 23.8 Å². The molecule has 1 aromatic heterocycles. The SMILES string of the molecule is COc1ccc(C(=O)c2c(Cl)ccnc2C(=O)NN)cc1. The van der Waals surface area contributed by atoms with Crippen molar-refractivity contribution in [3.05, 3.63) is 58.4 Å². The number of rotatable bonds is 4. The molecule has 108 valence electrons. The maximum absolute atomic E-state index is 12.5. The van der Waals surface area contributed by atoms with Gasteiger partial charge in [0.15, 0.2) is 5.78 Å². The lowest BCUT2D eigenvalue weighted by Crippen LogP contribution is -2.32. The molecule has 21 heavy (non-hydrogen) atoms. The Morgan fingerprint density at radius 3 is 2.48 bits per heavy atom. The second-order valence-electron chi connectivity index (χ2n) is 4.05. The van der Waals surface area contributed by atoms with Crippen LogP contribution in [0, 0.1) is 0 Å². The number of nitrogens with zero attached hydrogens (tertiary/aromatic N) is 1. The summed E-state index contributed by atoms with van der Waals surface area (Å²) in [7, 11) is 1.53. The summed E-state index contributed by atoms with van der Waals surface area (Å²) in [6.07, 6.45) is 1.33. The molecule has 0 aliphatic heterocycles. The zero-order chi connectivity index (χ0) is 15.4. The summed E-state index contributed by atoms with van der Waals surface area (Å²) in [5, 5.41) is 0.129. The topological polar surface area (TPSA) is 94.3 Å². The molecule has 0 bridgehead atoms. The lowest BCUT2D eigenvalue weighted by Gasteiger charge is -2.09. The van der Waals surface area contributed by atoms with Crippen LogP contribution < -0.4 is 16.0 Å². The van der Waals surface area contributed by atoms with E-state index in [1.165, 1.54) is 19.4 Å². The lowest BCUT2D eigenvalue weighted by atomic mass is 10.0. The molecule has 6 nitrogen and oxygen atoms in total. The fourth-order valence-corrected chi connectivity index (χ4v) is 2.01. The summed E-state index contributed by atoms with van der Waals surface area (Å²) >= 11 is 6.03. The molecule has 0 unspecified atom stereocenters. The number of methoxy groups -OCH3 is 1. The molecular weight excluding hydrogens is 294 g/mol. The quantitative estimate of drug-likeness (QED) is 0.387. The number of benzene rings is 1. The predicted molar refractivity (Wildman–Crippen MR) is 77.3 cm³/mol. The monoisotopic (exact) mass is 305 g/mol. The molecule has 2 aromatic rings. The van der Waals surface area contributed by atoms with Crippen molar-refractivity contribution < 1.29 is 14.3 Å². The molecule has 3 N–H and O–H groups in total. The maximum Gasteiger partial charge on any atom is 0.284 e. The number of ketones is 1. The molecule has 0 radical (unpaired) electrons. The summed E-state index contributed by atoms with van der Waals surface area (Å²) in [5.41, 5.74) is 2.19. The predicted octanol–water partition coefficient (Wildman–Crippen LogP) is 1.58. The number of nitrogen functional groups attached to an aromatic ring is 1. The fraction of sp³-hybridized carbons (Fsp3) is 0.0714. The van der Waals surface area contributed by atoms with Crippen LogP contribution in [0.15, 0.2) is 36.5 Å². The van der Waals surface area contributed by atoms with Gasteiger partial charge in [-0.15, -0.1) is 0 Å². The van der Waals surface area contributed by atoms with Gasteiger partial charge in [0.25, 0.3) is 5.91 Å². The summed E-state index contributed by atoms with van der Waals surface area (Å²) in [6.45, 7) is 0.